The molecule has 114 valence electrons. The molecule has 1 atom stereocenters. The molecule has 7 heteroatoms. The molecule has 3 heterocycles. The summed E-state index contributed by atoms with van der Waals surface area (Å²) in [7, 11) is 1.97. The van der Waals surface area contributed by atoms with E-state index < -0.39 is 0 Å². The summed E-state index contributed by atoms with van der Waals surface area (Å²) in [6, 6.07) is 0.560. The van der Waals surface area contributed by atoms with Gasteiger partial charge in [0, 0.05) is 57.6 Å². The summed E-state index contributed by atoms with van der Waals surface area (Å²) < 4.78 is 1.87. The van der Waals surface area contributed by atoms with Crippen molar-refractivity contribution in [3.05, 3.63) is 30.4 Å². The molecular formula is C14H23N7. The Morgan fingerprint density at radius 2 is 1.95 bits per heavy atom. The molecular weight excluding hydrogens is 266 g/mol. The van der Waals surface area contributed by atoms with E-state index in [0.717, 1.165) is 39.3 Å². The SMILES string of the molecule is CC1CN(CCn2nccn2)CCN1Cc1cnn(C)c1. The van der Waals surface area contributed by atoms with E-state index in [1.54, 1.807) is 17.2 Å². The lowest BCUT2D eigenvalue weighted by Gasteiger charge is -2.39. The van der Waals surface area contributed by atoms with Crippen LogP contribution in [0.25, 0.3) is 0 Å². The smallest absolute Gasteiger partial charge is 0.0734 e. The van der Waals surface area contributed by atoms with Gasteiger partial charge in [-0.2, -0.15) is 20.1 Å². The summed E-state index contributed by atoms with van der Waals surface area (Å²) in [6.07, 6.45) is 7.52. The maximum Gasteiger partial charge on any atom is 0.0734 e. The highest BCUT2D eigenvalue weighted by molar-refractivity contribution is 5.04. The second-order valence-electron chi connectivity index (χ2n) is 5.77. The minimum absolute atomic E-state index is 0.560. The van der Waals surface area contributed by atoms with Crippen molar-refractivity contribution < 1.29 is 0 Å². The lowest BCUT2D eigenvalue weighted by atomic mass is 10.1. The van der Waals surface area contributed by atoms with Gasteiger partial charge in [0.25, 0.3) is 0 Å². The highest BCUT2D eigenvalue weighted by Crippen LogP contribution is 2.13. The van der Waals surface area contributed by atoms with E-state index in [9.17, 15) is 0 Å². The Balaban J connectivity index is 1.47. The van der Waals surface area contributed by atoms with Gasteiger partial charge in [-0.25, -0.2) is 0 Å². The number of nitrogens with zero attached hydrogens (tertiary/aromatic N) is 7. The molecule has 0 aliphatic carbocycles. The molecule has 7 nitrogen and oxygen atoms in total. The number of aryl methyl sites for hydroxylation is 1. The maximum absolute atomic E-state index is 4.24. The molecule has 0 N–H and O–H groups in total. The van der Waals surface area contributed by atoms with Gasteiger partial charge in [-0.05, 0) is 6.92 Å². The first kappa shape index (κ1) is 14.2. The third-order valence-electron chi connectivity index (χ3n) is 4.08. The van der Waals surface area contributed by atoms with Crippen molar-refractivity contribution in [2.75, 3.05) is 26.2 Å². The monoisotopic (exact) mass is 289 g/mol. The fourth-order valence-electron chi connectivity index (χ4n) is 2.89. The summed E-state index contributed by atoms with van der Waals surface area (Å²) in [5.41, 5.74) is 1.29. The molecule has 0 amide bonds. The van der Waals surface area contributed by atoms with Gasteiger partial charge in [0.05, 0.1) is 25.1 Å². The van der Waals surface area contributed by atoms with E-state index in [0.29, 0.717) is 6.04 Å². The molecule has 3 rings (SSSR count). The van der Waals surface area contributed by atoms with Crippen LogP contribution in [0.5, 0.6) is 0 Å². The van der Waals surface area contributed by atoms with Crippen LogP contribution in [0.15, 0.2) is 24.8 Å². The predicted octanol–water partition coefficient (Wildman–Crippen LogP) is 0.218. The molecule has 21 heavy (non-hydrogen) atoms. The van der Waals surface area contributed by atoms with Gasteiger partial charge in [-0.15, -0.1) is 0 Å². The van der Waals surface area contributed by atoms with Gasteiger partial charge >= 0.3 is 0 Å². The molecule has 2 aromatic rings. The Labute approximate surface area is 125 Å². The van der Waals surface area contributed by atoms with Gasteiger partial charge < -0.3 is 0 Å². The molecule has 0 aromatic carbocycles. The normalized spacial score (nSPS) is 21.0. The van der Waals surface area contributed by atoms with Crippen molar-refractivity contribution >= 4 is 0 Å². The molecule has 2 aromatic heterocycles. The van der Waals surface area contributed by atoms with Crippen molar-refractivity contribution in [1.29, 1.82) is 0 Å². The minimum atomic E-state index is 0.560. The fourth-order valence-corrected chi connectivity index (χ4v) is 2.89. The van der Waals surface area contributed by atoms with Crippen LogP contribution in [-0.2, 0) is 20.1 Å². The second-order valence-corrected chi connectivity index (χ2v) is 5.77. The lowest BCUT2D eigenvalue weighted by Crippen LogP contribution is -2.51. The Bertz CT molecular complexity index is 547. The quantitative estimate of drug-likeness (QED) is 0.788. The van der Waals surface area contributed by atoms with Gasteiger partial charge in [0.15, 0.2) is 0 Å². The maximum atomic E-state index is 4.24. The first-order valence-corrected chi connectivity index (χ1v) is 7.49. The van der Waals surface area contributed by atoms with Crippen molar-refractivity contribution in [3.8, 4) is 0 Å². The molecule has 0 bridgehead atoms. The molecule has 1 fully saturated rings. The van der Waals surface area contributed by atoms with E-state index in [2.05, 4.69) is 38.2 Å². The van der Waals surface area contributed by atoms with E-state index >= 15 is 0 Å². The van der Waals surface area contributed by atoms with Gasteiger partial charge in [-0.3, -0.25) is 14.5 Å². The third kappa shape index (κ3) is 3.68. The first-order valence-electron chi connectivity index (χ1n) is 7.49. The topological polar surface area (TPSA) is 55.0 Å². The van der Waals surface area contributed by atoms with Crippen LogP contribution in [0.3, 0.4) is 0 Å². The number of piperazine rings is 1. The van der Waals surface area contributed by atoms with Crippen LogP contribution in [0, 0.1) is 0 Å². The molecule has 1 aliphatic heterocycles. The summed E-state index contributed by atoms with van der Waals surface area (Å²) in [4.78, 5) is 6.78. The Kier molecular flexibility index (Phi) is 4.31. The molecule has 1 saturated heterocycles. The first-order chi connectivity index (χ1) is 10.2. The van der Waals surface area contributed by atoms with Gasteiger partial charge in [0.1, 0.15) is 0 Å². The summed E-state index contributed by atoms with van der Waals surface area (Å²) in [6.45, 7) is 8.47. The van der Waals surface area contributed by atoms with E-state index in [1.165, 1.54) is 5.56 Å². The number of hydrogen-bond acceptors (Lipinski definition) is 5. The van der Waals surface area contributed by atoms with Crippen LogP contribution in [-0.4, -0.2) is 66.8 Å². The van der Waals surface area contributed by atoms with Crippen LogP contribution < -0.4 is 0 Å². The van der Waals surface area contributed by atoms with Crippen LogP contribution >= 0.6 is 0 Å². The Hall–Kier alpha value is -1.73. The van der Waals surface area contributed by atoms with E-state index in [4.69, 9.17) is 0 Å². The zero-order valence-corrected chi connectivity index (χ0v) is 12.8. The number of aromatic nitrogens is 5. The molecule has 0 saturated carbocycles. The fraction of sp³-hybridized carbons (Fsp3) is 0.643. The average Bonchev–Trinajstić information content (AvgIpc) is 3.11. The lowest BCUT2D eigenvalue weighted by molar-refractivity contribution is 0.0742. The minimum Gasteiger partial charge on any atom is -0.299 e. The standard InChI is InChI=1S/C14H23N7/c1-13-10-19(6-8-21-15-3-4-16-21)5-7-20(13)12-14-9-17-18(2)11-14/h3-4,9,11,13H,5-8,10,12H2,1-2H3. The van der Waals surface area contributed by atoms with Crippen molar-refractivity contribution in [3.63, 3.8) is 0 Å². The van der Waals surface area contributed by atoms with Crippen LogP contribution in [0.1, 0.15) is 12.5 Å². The van der Waals surface area contributed by atoms with Crippen LogP contribution in [0.4, 0.5) is 0 Å². The van der Waals surface area contributed by atoms with Crippen molar-refractivity contribution in [2.45, 2.75) is 26.1 Å². The number of rotatable bonds is 5. The zero-order chi connectivity index (χ0) is 14.7. The van der Waals surface area contributed by atoms with Crippen molar-refractivity contribution in [1.82, 2.24) is 34.6 Å². The molecule has 0 spiro atoms. The molecule has 0 radical (unpaired) electrons. The number of hydrogen-bond donors (Lipinski definition) is 0. The Morgan fingerprint density at radius 1 is 1.14 bits per heavy atom. The highest BCUT2D eigenvalue weighted by atomic mass is 15.5. The average molecular weight is 289 g/mol. The van der Waals surface area contributed by atoms with Gasteiger partial charge in [-0.1, -0.05) is 0 Å². The highest BCUT2D eigenvalue weighted by Gasteiger charge is 2.23. The Morgan fingerprint density at radius 3 is 2.62 bits per heavy atom. The van der Waals surface area contributed by atoms with Gasteiger partial charge in [0.2, 0.25) is 0 Å². The summed E-state index contributed by atoms with van der Waals surface area (Å²) >= 11 is 0. The zero-order valence-electron chi connectivity index (χ0n) is 12.8. The third-order valence-corrected chi connectivity index (χ3v) is 4.08. The molecule has 1 aliphatic rings. The van der Waals surface area contributed by atoms with Crippen LogP contribution in [0.2, 0.25) is 0 Å². The largest absolute Gasteiger partial charge is 0.299 e. The van der Waals surface area contributed by atoms with E-state index in [1.807, 2.05) is 17.9 Å². The predicted molar refractivity (Wildman–Crippen MR) is 79.5 cm³/mol. The second kappa shape index (κ2) is 6.36. The molecule has 1 unspecified atom stereocenters. The van der Waals surface area contributed by atoms with Crippen molar-refractivity contribution in [2.24, 2.45) is 7.05 Å². The van der Waals surface area contributed by atoms with E-state index in [-0.39, 0.29) is 0 Å². The summed E-state index contributed by atoms with van der Waals surface area (Å²) in [5.74, 6) is 0. The summed E-state index contributed by atoms with van der Waals surface area (Å²) in [5, 5.41) is 12.5.